The van der Waals surface area contributed by atoms with Crippen molar-refractivity contribution < 1.29 is 18.0 Å². The third-order valence-corrected chi connectivity index (χ3v) is 3.41. The van der Waals surface area contributed by atoms with Crippen molar-refractivity contribution in [3.63, 3.8) is 0 Å². The summed E-state index contributed by atoms with van der Waals surface area (Å²) in [5.41, 5.74) is 5.91. The van der Waals surface area contributed by atoms with Gasteiger partial charge in [-0.3, -0.25) is 4.79 Å². The lowest BCUT2D eigenvalue weighted by atomic mass is 10.1. The van der Waals surface area contributed by atoms with E-state index in [9.17, 15) is 18.0 Å². The van der Waals surface area contributed by atoms with Crippen molar-refractivity contribution in [2.45, 2.75) is 6.18 Å². The van der Waals surface area contributed by atoms with E-state index in [0.717, 1.165) is 6.20 Å². The van der Waals surface area contributed by atoms with Gasteiger partial charge in [-0.2, -0.15) is 13.2 Å². The van der Waals surface area contributed by atoms with Crippen molar-refractivity contribution in [1.29, 1.82) is 0 Å². The van der Waals surface area contributed by atoms with Gasteiger partial charge < -0.3 is 5.73 Å². The van der Waals surface area contributed by atoms with Crippen molar-refractivity contribution in [3.05, 3.63) is 44.9 Å². The average Bonchev–Trinajstić information content (AvgIpc) is 2.75. The second-order valence-corrected chi connectivity index (χ2v) is 5.10. The number of benzene rings is 1. The summed E-state index contributed by atoms with van der Waals surface area (Å²) in [7, 11) is 0. The fraction of sp³-hybridized carbons (Fsp3) is 0.0909. The van der Waals surface area contributed by atoms with Crippen molar-refractivity contribution in [2.24, 2.45) is 0 Å². The van der Waals surface area contributed by atoms with Crippen LogP contribution in [0.5, 0.6) is 0 Å². The molecule has 0 unspecified atom stereocenters. The molecular formula is C11H6ClF3N2OS. The molecule has 0 aliphatic rings. The molecule has 1 aromatic carbocycles. The van der Waals surface area contributed by atoms with Crippen LogP contribution in [0, 0.1) is 0 Å². The Hall–Kier alpha value is -1.60. The molecule has 0 aliphatic carbocycles. The van der Waals surface area contributed by atoms with Crippen molar-refractivity contribution in [2.75, 3.05) is 5.73 Å². The summed E-state index contributed by atoms with van der Waals surface area (Å²) in [5.74, 6) is -0.595. The Kier molecular flexibility index (Phi) is 3.51. The van der Waals surface area contributed by atoms with Gasteiger partial charge in [-0.05, 0) is 18.2 Å². The molecule has 19 heavy (non-hydrogen) atoms. The Labute approximate surface area is 114 Å². The molecule has 0 aliphatic heterocycles. The van der Waals surface area contributed by atoms with Crippen LogP contribution >= 0.6 is 22.9 Å². The molecule has 2 N–H and O–H groups in total. The summed E-state index contributed by atoms with van der Waals surface area (Å²) in [6.07, 6.45) is -3.66. The Balaban J connectivity index is 2.36. The van der Waals surface area contributed by atoms with Gasteiger partial charge in [0.15, 0.2) is 5.01 Å². The highest BCUT2D eigenvalue weighted by Gasteiger charge is 2.35. The van der Waals surface area contributed by atoms with Crippen molar-refractivity contribution >= 4 is 34.4 Å². The lowest BCUT2D eigenvalue weighted by molar-refractivity contribution is -0.137. The van der Waals surface area contributed by atoms with E-state index in [-0.39, 0.29) is 32.5 Å². The molecular weight excluding hydrogens is 301 g/mol. The van der Waals surface area contributed by atoms with Crippen LogP contribution in [0.25, 0.3) is 0 Å². The number of ketones is 1. The van der Waals surface area contributed by atoms with Gasteiger partial charge in [-0.1, -0.05) is 11.6 Å². The number of hydrogen-bond donors (Lipinski definition) is 1. The minimum absolute atomic E-state index is 0.117. The van der Waals surface area contributed by atoms with Crippen LogP contribution < -0.4 is 5.73 Å². The SMILES string of the molecule is Nc1cc(Cl)cc(C(=O)c2cnc(C(F)(F)F)s2)c1. The molecule has 3 nitrogen and oxygen atoms in total. The van der Waals surface area contributed by atoms with Crippen LogP contribution in [0.4, 0.5) is 18.9 Å². The summed E-state index contributed by atoms with van der Waals surface area (Å²) in [6, 6.07) is 4.13. The van der Waals surface area contributed by atoms with E-state index in [1.165, 1.54) is 18.2 Å². The zero-order chi connectivity index (χ0) is 14.2. The quantitative estimate of drug-likeness (QED) is 0.681. The summed E-state index contributed by atoms with van der Waals surface area (Å²) >= 11 is 6.02. The molecule has 0 fully saturated rings. The van der Waals surface area contributed by atoms with Gasteiger partial charge in [0.1, 0.15) is 0 Å². The highest BCUT2D eigenvalue weighted by molar-refractivity contribution is 7.14. The van der Waals surface area contributed by atoms with E-state index in [0.29, 0.717) is 0 Å². The number of alkyl halides is 3. The summed E-state index contributed by atoms with van der Waals surface area (Å²) in [5, 5.41) is -0.824. The first kappa shape index (κ1) is 13.8. The van der Waals surface area contributed by atoms with Crippen LogP contribution in [-0.2, 0) is 6.18 Å². The van der Waals surface area contributed by atoms with Crippen LogP contribution in [0.3, 0.4) is 0 Å². The van der Waals surface area contributed by atoms with Gasteiger partial charge >= 0.3 is 6.18 Å². The third-order valence-electron chi connectivity index (χ3n) is 2.15. The first-order chi connectivity index (χ1) is 8.77. The topological polar surface area (TPSA) is 56.0 Å². The third kappa shape index (κ3) is 3.05. The number of thiazole rings is 1. The molecule has 100 valence electrons. The number of aromatic nitrogens is 1. The molecule has 0 amide bonds. The summed E-state index contributed by atoms with van der Waals surface area (Å²) < 4.78 is 37.2. The molecule has 1 heterocycles. The zero-order valence-electron chi connectivity index (χ0n) is 9.16. The number of nitrogens with two attached hydrogens (primary N) is 1. The minimum atomic E-state index is -4.56. The molecule has 0 spiro atoms. The Morgan fingerprint density at radius 1 is 1.32 bits per heavy atom. The van der Waals surface area contributed by atoms with Crippen molar-refractivity contribution in [1.82, 2.24) is 4.98 Å². The normalized spacial score (nSPS) is 11.6. The van der Waals surface area contributed by atoms with E-state index in [1.807, 2.05) is 0 Å². The van der Waals surface area contributed by atoms with Crippen LogP contribution in [0.2, 0.25) is 5.02 Å². The summed E-state index contributed by atoms with van der Waals surface area (Å²) in [6.45, 7) is 0. The lowest BCUT2D eigenvalue weighted by Crippen LogP contribution is -2.03. The predicted molar refractivity (Wildman–Crippen MR) is 66.4 cm³/mol. The van der Waals surface area contributed by atoms with E-state index >= 15 is 0 Å². The zero-order valence-corrected chi connectivity index (χ0v) is 10.7. The van der Waals surface area contributed by atoms with Gasteiger partial charge in [-0.25, -0.2) is 4.98 Å². The second-order valence-electron chi connectivity index (χ2n) is 3.63. The molecule has 0 bridgehead atoms. The van der Waals surface area contributed by atoms with Gasteiger partial charge in [-0.15, -0.1) is 11.3 Å². The van der Waals surface area contributed by atoms with E-state index < -0.39 is 17.0 Å². The standard InChI is InChI=1S/C11H6ClF3N2OS/c12-6-1-5(2-7(16)3-6)9(18)8-4-17-10(19-8)11(13,14)15/h1-4H,16H2. The van der Waals surface area contributed by atoms with Gasteiger partial charge in [0, 0.05) is 22.5 Å². The second kappa shape index (κ2) is 4.82. The lowest BCUT2D eigenvalue weighted by Gasteiger charge is -2.01. The molecule has 8 heteroatoms. The Morgan fingerprint density at radius 2 is 2.00 bits per heavy atom. The number of halogens is 4. The monoisotopic (exact) mass is 306 g/mol. The average molecular weight is 307 g/mol. The molecule has 0 saturated heterocycles. The van der Waals surface area contributed by atoms with Gasteiger partial charge in [0.05, 0.1) is 4.88 Å². The minimum Gasteiger partial charge on any atom is -0.399 e. The molecule has 0 saturated carbocycles. The van der Waals surface area contributed by atoms with Gasteiger partial charge in [0.2, 0.25) is 5.78 Å². The molecule has 2 aromatic rings. The first-order valence-electron chi connectivity index (χ1n) is 4.91. The highest BCUT2D eigenvalue weighted by atomic mass is 35.5. The molecule has 2 rings (SSSR count). The molecule has 1 aromatic heterocycles. The number of carbonyl (C=O) groups excluding carboxylic acids is 1. The number of nitrogens with zero attached hydrogens (tertiary/aromatic N) is 1. The maximum absolute atomic E-state index is 12.4. The molecule has 0 atom stereocenters. The smallest absolute Gasteiger partial charge is 0.399 e. The fourth-order valence-corrected chi connectivity index (χ4v) is 2.38. The number of nitrogen functional groups attached to an aromatic ring is 1. The van der Waals surface area contributed by atoms with Crippen LogP contribution in [0.15, 0.2) is 24.4 Å². The number of carbonyl (C=O) groups is 1. The Morgan fingerprint density at radius 3 is 2.53 bits per heavy atom. The number of rotatable bonds is 2. The van der Waals surface area contributed by atoms with Gasteiger partial charge in [0.25, 0.3) is 0 Å². The van der Waals surface area contributed by atoms with Crippen LogP contribution in [0.1, 0.15) is 20.2 Å². The van der Waals surface area contributed by atoms with E-state index in [1.54, 1.807) is 0 Å². The first-order valence-corrected chi connectivity index (χ1v) is 6.10. The highest BCUT2D eigenvalue weighted by Crippen LogP contribution is 2.33. The maximum Gasteiger partial charge on any atom is 0.443 e. The van der Waals surface area contributed by atoms with E-state index in [2.05, 4.69) is 4.98 Å². The largest absolute Gasteiger partial charge is 0.443 e. The number of hydrogen-bond acceptors (Lipinski definition) is 4. The van der Waals surface area contributed by atoms with E-state index in [4.69, 9.17) is 17.3 Å². The predicted octanol–water partition coefficient (Wildman–Crippen LogP) is 3.63. The van der Waals surface area contributed by atoms with Crippen molar-refractivity contribution in [3.8, 4) is 0 Å². The molecule has 0 radical (unpaired) electrons. The fourth-order valence-electron chi connectivity index (χ4n) is 1.40. The maximum atomic E-state index is 12.4. The summed E-state index contributed by atoms with van der Waals surface area (Å²) in [4.78, 5) is 15.1. The number of anilines is 1. The Bertz CT molecular complexity index is 619. The van der Waals surface area contributed by atoms with Crippen LogP contribution in [-0.4, -0.2) is 10.8 Å².